The molecular formula is C31H34N6OS. The van der Waals surface area contributed by atoms with Crippen molar-refractivity contribution in [1.29, 1.82) is 0 Å². The third kappa shape index (κ3) is 5.25. The van der Waals surface area contributed by atoms with Crippen LogP contribution in [0.2, 0.25) is 0 Å². The SMILES string of the molecule is Cc1cc(N2C(=S)N[C@H](c3ccccn3)[C@@H]2c2cccn2-c2ccc(N(C)C)cc2)ccc1NC(=O)C(C)C. The van der Waals surface area contributed by atoms with E-state index in [9.17, 15) is 4.79 Å². The maximum absolute atomic E-state index is 12.3. The summed E-state index contributed by atoms with van der Waals surface area (Å²) in [6.45, 7) is 5.78. The van der Waals surface area contributed by atoms with Gasteiger partial charge in [-0.15, -0.1) is 0 Å². The molecule has 0 spiro atoms. The van der Waals surface area contributed by atoms with Crippen LogP contribution in [0.3, 0.4) is 0 Å². The third-order valence-electron chi connectivity index (χ3n) is 7.10. The van der Waals surface area contributed by atoms with Crippen molar-refractivity contribution < 1.29 is 4.79 Å². The predicted molar refractivity (Wildman–Crippen MR) is 163 cm³/mol. The van der Waals surface area contributed by atoms with Gasteiger partial charge in [0.1, 0.15) is 6.04 Å². The summed E-state index contributed by atoms with van der Waals surface area (Å²) in [4.78, 5) is 21.3. The summed E-state index contributed by atoms with van der Waals surface area (Å²) in [6, 6.07) is 24.4. The van der Waals surface area contributed by atoms with Crippen molar-refractivity contribution in [3.63, 3.8) is 0 Å². The Hall–Kier alpha value is -4.17. The molecule has 1 aliphatic heterocycles. The average molecular weight is 539 g/mol. The minimum Gasteiger partial charge on any atom is -0.378 e. The fraction of sp³-hybridized carbons (Fsp3) is 0.258. The molecule has 5 rings (SSSR count). The first-order valence-electron chi connectivity index (χ1n) is 13.1. The Kier molecular flexibility index (Phi) is 7.39. The number of rotatable bonds is 7. The Morgan fingerprint density at radius 2 is 1.77 bits per heavy atom. The lowest BCUT2D eigenvalue weighted by atomic mass is 10.00. The van der Waals surface area contributed by atoms with Gasteiger partial charge in [0.05, 0.1) is 11.7 Å². The predicted octanol–water partition coefficient (Wildman–Crippen LogP) is 6.02. The first kappa shape index (κ1) is 26.4. The van der Waals surface area contributed by atoms with Crippen LogP contribution in [0.5, 0.6) is 0 Å². The summed E-state index contributed by atoms with van der Waals surface area (Å²) in [5, 5.41) is 7.21. The molecule has 4 aromatic rings. The number of aryl methyl sites for hydroxylation is 1. The Balaban J connectivity index is 1.58. The van der Waals surface area contributed by atoms with Crippen LogP contribution >= 0.6 is 12.2 Å². The number of carbonyl (C=O) groups is 1. The normalized spacial score (nSPS) is 16.9. The van der Waals surface area contributed by atoms with E-state index < -0.39 is 0 Å². The molecular weight excluding hydrogens is 504 g/mol. The molecule has 0 aliphatic carbocycles. The smallest absolute Gasteiger partial charge is 0.226 e. The highest BCUT2D eigenvalue weighted by Crippen LogP contribution is 2.43. The molecule has 0 saturated carbocycles. The van der Waals surface area contributed by atoms with E-state index in [-0.39, 0.29) is 23.9 Å². The zero-order chi connectivity index (χ0) is 27.7. The van der Waals surface area contributed by atoms with Crippen LogP contribution in [0.1, 0.15) is 42.9 Å². The lowest BCUT2D eigenvalue weighted by Crippen LogP contribution is -2.30. The minimum atomic E-state index is -0.161. The molecule has 0 unspecified atom stereocenters. The number of amides is 1. The molecule has 1 amide bonds. The number of benzene rings is 2. The van der Waals surface area contributed by atoms with Gasteiger partial charge >= 0.3 is 0 Å². The van der Waals surface area contributed by atoms with Crippen LogP contribution in [0, 0.1) is 12.8 Å². The van der Waals surface area contributed by atoms with Gasteiger partial charge in [-0.05, 0) is 91.4 Å². The summed E-state index contributed by atoms with van der Waals surface area (Å²) < 4.78 is 2.22. The average Bonchev–Trinajstić information content (AvgIpc) is 3.54. The first-order chi connectivity index (χ1) is 18.7. The zero-order valence-electron chi connectivity index (χ0n) is 22.9. The number of hydrogen-bond donors (Lipinski definition) is 2. The van der Waals surface area contributed by atoms with E-state index in [1.54, 1.807) is 0 Å². The van der Waals surface area contributed by atoms with Crippen molar-refractivity contribution in [2.45, 2.75) is 32.9 Å². The number of aromatic nitrogens is 2. The molecule has 3 heterocycles. The molecule has 0 bridgehead atoms. The Labute approximate surface area is 235 Å². The van der Waals surface area contributed by atoms with Crippen LogP contribution in [-0.2, 0) is 4.79 Å². The summed E-state index contributed by atoms with van der Waals surface area (Å²) in [5.41, 5.74) is 6.94. The number of nitrogens with zero attached hydrogens (tertiary/aromatic N) is 4. The zero-order valence-corrected chi connectivity index (χ0v) is 23.7. The van der Waals surface area contributed by atoms with Crippen LogP contribution in [0.4, 0.5) is 17.1 Å². The number of hydrogen-bond acceptors (Lipinski definition) is 4. The summed E-state index contributed by atoms with van der Waals surface area (Å²) in [5.74, 6) is -0.0991. The van der Waals surface area contributed by atoms with Gasteiger partial charge < -0.3 is 25.0 Å². The second-order valence-electron chi connectivity index (χ2n) is 10.4. The molecule has 7 nitrogen and oxygen atoms in total. The fourth-order valence-electron chi connectivity index (χ4n) is 4.93. The number of pyridine rings is 1. The highest BCUT2D eigenvalue weighted by molar-refractivity contribution is 7.80. The van der Waals surface area contributed by atoms with Gasteiger partial charge in [0.25, 0.3) is 0 Å². The van der Waals surface area contributed by atoms with E-state index >= 15 is 0 Å². The van der Waals surface area contributed by atoms with Crippen LogP contribution in [0.15, 0.2) is 85.2 Å². The molecule has 2 atom stereocenters. The molecule has 1 fully saturated rings. The van der Waals surface area contributed by atoms with E-state index in [4.69, 9.17) is 12.2 Å². The number of carbonyl (C=O) groups excluding carboxylic acids is 1. The molecule has 39 heavy (non-hydrogen) atoms. The highest BCUT2D eigenvalue weighted by Gasteiger charge is 2.42. The van der Waals surface area contributed by atoms with Crippen molar-refractivity contribution in [2.75, 3.05) is 29.2 Å². The van der Waals surface area contributed by atoms with E-state index in [1.165, 1.54) is 0 Å². The second kappa shape index (κ2) is 10.9. The van der Waals surface area contributed by atoms with E-state index in [0.717, 1.165) is 39.7 Å². The van der Waals surface area contributed by atoms with Gasteiger partial charge in [-0.25, -0.2) is 0 Å². The number of anilines is 3. The maximum Gasteiger partial charge on any atom is 0.226 e. The monoisotopic (exact) mass is 538 g/mol. The van der Waals surface area contributed by atoms with Crippen molar-refractivity contribution >= 4 is 40.3 Å². The Bertz CT molecular complexity index is 1480. The van der Waals surface area contributed by atoms with E-state index in [2.05, 4.69) is 78.6 Å². The van der Waals surface area contributed by atoms with E-state index in [0.29, 0.717) is 5.11 Å². The van der Waals surface area contributed by atoms with Crippen LogP contribution in [0.25, 0.3) is 5.69 Å². The Morgan fingerprint density at radius 3 is 2.41 bits per heavy atom. The van der Waals surface area contributed by atoms with Crippen molar-refractivity contribution in [3.8, 4) is 5.69 Å². The molecule has 8 heteroatoms. The van der Waals surface area contributed by atoms with Gasteiger partial charge in [-0.2, -0.15) is 0 Å². The molecule has 200 valence electrons. The molecule has 1 aliphatic rings. The van der Waals surface area contributed by atoms with Gasteiger partial charge in [0, 0.05) is 60.9 Å². The fourth-order valence-corrected chi connectivity index (χ4v) is 5.28. The van der Waals surface area contributed by atoms with Gasteiger partial charge in [0.2, 0.25) is 5.91 Å². The highest BCUT2D eigenvalue weighted by atomic mass is 32.1. The molecule has 2 aromatic carbocycles. The number of thiocarbonyl (C=S) groups is 1. The minimum absolute atomic E-state index is 0.00425. The molecule has 1 saturated heterocycles. The summed E-state index contributed by atoms with van der Waals surface area (Å²) in [6.07, 6.45) is 3.90. The topological polar surface area (TPSA) is 65.4 Å². The first-order valence-corrected chi connectivity index (χ1v) is 13.5. The maximum atomic E-state index is 12.3. The quantitative estimate of drug-likeness (QED) is 0.281. The molecule has 0 radical (unpaired) electrons. The van der Waals surface area contributed by atoms with Crippen LogP contribution < -0.4 is 20.4 Å². The van der Waals surface area contributed by atoms with Gasteiger partial charge in [0.15, 0.2) is 5.11 Å². The largest absolute Gasteiger partial charge is 0.378 e. The lowest BCUT2D eigenvalue weighted by molar-refractivity contribution is -0.118. The number of nitrogens with one attached hydrogen (secondary N) is 2. The van der Waals surface area contributed by atoms with Crippen molar-refractivity contribution in [2.24, 2.45) is 5.92 Å². The van der Waals surface area contributed by atoms with Crippen LogP contribution in [-0.4, -0.2) is 34.7 Å². The van der Waals surface area contributed by atoms with Gasteiger partial charge in [-0.1, -0.05) is 19.9 Å². The molecule has 2 aromatic heterocycles. The molecule has 2 N–H and O–H groups in total. The standard InChI is InChI=1S/C31H34N6OS/c1-20(2)30(38)33-25-16-15-24(19-21(25)3)37-29(28(34-31(37)39)26-9-6-7-17-32-26)27-10-8-18-36(27)23-13-11-22(12-14-23)35(4)5/h6-20,28-29H,1-5H3,(H,33,38)(H,34,39)/t28-,29+/m1/s1. The van der Waals surface area contributed by atoms with E-state index in [1.807, 2.05) is 71.4 Å². The third-order valence-corrected chi connectivity index (χ3v) is 7.41. The lowest BCUT2D eigenvalue weighted by Gasteiger charge is -2.29. The summed E-state index contributed by atoms with van der Waals surface area (Å²) >= 11 is 5.94. The Morgan fingerprint density at radius 1 is 1.03 bits per heavy atom. The van der Waals surface area contributed by atoms with Crippen molar-refractivity contribution in [3.05, 3.63) is 102 Å². The summed E-state index contributed by atoms with van der Waals surface area (Å²) in [7, 11) is 4.08. The van der Waals surface area contributed by atoms with Gasteiger partial charge in [-0.3, -0.25) is 9.78 Å². The van der Waals surface area contributed by atoms with Crippen molar-refractivity contribution in [1.82, 2.24) is 14.9 Å². The second-order valence-corrected chi connectivity index (χ2v) is 10.7.